The maximum Gasteiger partial charge on any atom is 0.335 e. The smallest absolute Gasteiger partial charge is 0.335 e. The molecule has 0 heterocycles. The minimum Gasteiger partial charge on any atom is -0.490 e. The number of carbonyl (C=O) groups excluding carboxylic acids is 2. The van der Waals surface area contributed by atoms with Gasteiger partial charge in [0.1, 0.15) is 0 Å². The van der Waals surface area contributed by atoms with Crippen LogP contribution in [0, 0.1) is 0 Å². The number of rotatable bonds is 6. The van der Waals surface area contributed by atoms with Crippen LogP contribution in [0.1, 0.15) is 17.3 Å². The number of carboxylic acids is 1. The summed E-state index contributed by atoms with van der Waals surface area (Å²) in [6, 6.07) is 2.98. The van der Waals surface area contributed by atoms with Crippen molar-refractivity contribution in [2.45, 2.75) is 6.92 Å². The average molecular weight is 282 g/mol. The Labute approximate surface area is 114 Å². The Hall–Kier alpha value is -2.77. The van der Waals surface area contributed by atoms with E-state index in [1.807, 2.05) is 5.32 Å². The van der Waals surface area contributed by atoms with Gasteiger partial charge in [-0.25, -0.2) is 9.59 Å². The number of imide groups is 1. The number of amides is 3. The van der Waals surface area contributed by atoms with Crippen molar-refractivity contribution in [3.8, 4) is 11.5 Å². The molecule has 0 fully saturated rings. The summed E-state index contributed by atoms with van der Waals surface area (Å²) in [5.74, 6) is -1.44. The van der Waals surface area contributed by atoms with Crippen LogP contribution in [0.2, 0.25) is 0 Å². The highest BCUT2D eigenvalue weighted by Gasteiger charge is 2.12. The summed E-state index contributed by atoms with van der Waals surface area (Å²) in [5.41, 5.74) is 4.81. The van der Waals surface area contributed by atoms with Crippen LogP contribution in [0.25, 0.3) is 0 Å². The topological polar surface area (TPSA) is 128 Å². The van der Waals surface area contributed by atoms with Crippen LogP contribution in [0.15, 0.2) is 18.2 Å². The molecule has 0 unspecified atom stereocenters. The number of nitrogens with two attached hydrogens (primary N) is 1. The van der Waals surface area contributed by atoms with Crippen molar-refractivity contribution in [2.24, 2.45) is 5.73 Å². The standard InChI is InChI=1S/C12H14N2O6/c1-2-19-9-5-7(11(16)17)3-4-8(9)20-6-10(15)14-12(13)18/h3-5H,2,6H2,1H3,(H,16,17)(H3,13,14,15,18). The summed E-state index contributed by atoms with van der Waals surface area (Å²) in [7, 11) is 0. The lowest BCUT2D eigenvalue weighted by molar-refractivity contribution is -0.121. The average Bonchev–Trinajstić information content (AvgIpc) is 2.36. The number of primary amides is 1. The first-order valence-electron chi connectivity index (χ1n) is 5.66. The van der Waals surface area contributed by atoms with Crippen LogP contribution in [0.4, 0.5) is 4.79 Å². The van der Waals surface area contributed by atoms with E-state index in [1.165, 1.54) is 18.2 Å². The summed E-state index contributed by atoms with van der Waals surface area (Å²) in [6.07, 6.45) is 0. The molecular formula is C12H14N2O6. The van der Waals surface area contributed by atoms with E-state index in [1.54, 1.807) is 6.92 Å². The van der Waals surface area contributed by atoms with E-state index in [4.69, 9.17) is 20.3 Å². The van der Waals surface area contributed by atoms with Crippen LogP contribution in [0.3, 0.4) is 0 Å². The van der Waals surface area contributed by atoms with Crippen molar-refractivity contribution in [1.29, 1.82) is 0 Å². The number of carboxylic acid groups (broad SMARTS) is 1. The molecule has 4 N–H and O–H groups in total. The molecule has 108 valence electrons. The van der Waals surface area contributed by atoms with Crippen molar-refractivity contribution >= 4 is 17.9 Å². The molecular weight excluding hydrogens is 268 g/mol. The van der Waals surface area contributed by atoms with Gasteiger partial charge in [0, 0.05) is 0 Å². The third-order valence-electron chi connectivity index (χ3n) is 2.11. The maximum atomic E-state index is 11.2. The van der Waals surface area contributed by atoms with E-state index in [0.717, 1.165) is 0 Å². The molecule has 3 amide bonds. The van der Waals surface area contributed by atoms with E-state index >= 15 is 0 Å². The lowest BCUT2D eigenvalue weighted by atomic mass is 10.2. The van der Waals surface area contributed by atoms with Crippen molar-refractivity contribution in [1.82, 2.24) is 5.32 Å². The highest BCUT2D eigenvalue weighted by atomic mass is 16.5. The minimum atomic E-state index is -1.11. The van der Waals surface area contributed by atoms with Gasteiger partial charge in [0.25, 0.3) is 5.91 Å². The SMILES string of the molecule is CCOc1cc(C(=O)O)ccc1OCC(=O)NC(N)=O. The zero-order valence-electron chi connectivity index (χ0n) is 10.7. The molecule has 0 atom stereocenters. The second kappa shape index (κ2) is 6.98. The summed E-state index contributed by atoms with van der Waals surface area (Å²) in [6.45, 7) is 1.57. The quantitative estimate of drug-likeness (QED) is 0.691. The molecule has 0 saturated carbocycles. The van der Waals surface area contributed by atoms with Crippen molar-refractivity contribution in [2.75, 3.05) is 13.2 Å². The molecule has 8 heteroatoms. The summed E-state index contributed by atoms with van der Waals surface area (Å²) >= 11 is 0. The summed E-state index contributed by atoms with van der Waals surface area (Å²) < 4.78 is 10.4. The molecule has 0 aliphatic carbocycles. The molecule has 0 aliphatic rings. The van der Waals surface area contributed by atoms with Gasteiger partial charge >= 0.3 is 12.0 Å². The van der Waals surface area contributed by atoms with Gasteiger partial charge in [-0.3, -0.25) is 10.1 Å². The van der Waals surface area contributed by atoms with Crippen LogP contribution in [-0.4, -0.2) is 36.2 Å². The fourth-order valence-electron chi connectivity index (χ4n) is 1.35. The molecule has 1 aromatic carbocycles. The molecule has 0 radical (unpaired) electrons. The number of hydrogen-bond donors (Lipinski definition) is 3. The lowest BCUT2D eigenvalue weighted by Gasteiger charge is -2.12. The Morgan fingerprint density at radius 3 is 2.50 bits per heavy atom. The lowest BCUT2D eigenvalue weighted by Crippen LogP contribution is -2.38. The molecule has 0 bridgehead atoms. The molecule has 1 rings (SSSR count). The first kappa shape index (κ1) is 15.3. The highest BCUT2D eigenvalue weighted by molar-refractivity contribution is 5.94. The Morgan fingerprint density at radius 2 is 1.95 bits per heavy atom. The minimum absolute atomic E-state index is 0.0300. The number of carbonyl (C=O) groups is 3. The number of benzene rings is 1. The number of ether oxygens (including phenoxy) is 2. The zero-order valence-corrected chi connectivity index (χ0v) is 10.7. The van der Waals surface area contributed by atoms with Crippen molar-refractivity contribution in [3.63, 3.8) is 0 Å². The van der Waals surface area contributed by atoms with E-state index in [0.29, 0.717) is 6.61 Å². The summed E-state index contributed by atoms with van der Waals surface area (Å²) in [5, 5.41) is 10.7. The number of nitrogens with one attached hydrogen (secondary N) is 1. The Bertz CT molecular complexity index is 529. The van der Waals surface area contributed by atoms with E-state index in [2.05, 4.69) is 0 Å². The van der Waals surface area contributed by atoms with E-state index in [9.17, 15) is 14.4 Å². The Morgan fingerprint density at radius 1 is 1.25 bits per heavy atom. The monoisotopic (exact) mass is 282 g/mol. The normalized spacial score (nSPS) is 9.65. The second-order valence-electron chi connectivity index (χ2n) is 3.60. The van der Waals surface area contributed by atoms with E-state index < -0.39 is 24.5 Å². The first-order valence-corrected chi connectivity index (χ1v) is 5.66. The molecule has 0 saturated heterocycles. The molecule has 0 aromatic heterocycles. The van der Waals surface area contributed by atoms with Gasteiger partial charge in [0.05, 0.1) is 12.2 Å². The van der Waals surface area contributed by atoms with Crippen LogP contribution >= 0.6 is 0 Å². The van der Waals surface area contributed by atoms with Crippen molar-refractivity contribution < 1.29 is 29.0 Å². The summed E-state index contributed by atoms with van der Waals surface area (Å²) in [4.78, 5) is 32.5. The fraction of sp³-hybridized carbons (Fsp3) is 0.250. The zero-order chi connectivity index (χ0) is 15.1. The van der Waals surface area contributed by atoms with Gasteiger partial charge < -0.3 is 20.3 Å². The van der Waals surface area contributed by atoms with Gasteiger partial charge in [-0.1, -0.05) is 0 Å². The van der Waals surface area contributed by atoms with Crippen molar-refractivity contribution in [3.05, 3.63) is 23.8 Å². The number of aromatic carboxylic acids is 1. The Balaban J connectivity index is 2.80. The molecule has 0 spiro atoms. The van der Waals surface area contributed by atoms with Gasteiger partial charge in [-0.15, -0.1) is 0 Å². The maximum absolute atomic E-state index is 11.2. The number of urea groups is 1. The highest BCUT2D eigenvalue weighted by Crippen LogP contribution is 2.28. The Kier molecular flexibility index (Phi) is 5.33. The van der Waals surface area contributed by atoms with Crippen LogP contribution < -0.4 is 20.5 Å². The predicted molar refractivity (Wildman–Crippen MR) is 67.8 cm³/mol. The van der Waals surface area contributed by atoms with Crippen LogP contribution in [-0.2, 0) is 4.79 Å². The molecule has 20 heavy (non-hydrogen) atoms. The fourth-order valence-corrected chi connectivity index (χ4v) is 1.35. The molecule has 8 nitrogen and oxygen atoms in total. The predicted octanol–water partition coefficient (Wildman–Crippen LogP) is 0.357. The molecule has 0 aliphatic heterocycles. The van der Waals surface area contributed by atoms with Gasteiger partial charge in [-0.05, 0) is 25.1 Å². The second-order valence-corrected chi connectivity index (χ2v) is 3.60. The number of hydrogen-bond acceptors (Lipinski definition) is 5. The first-order chi connectivity index (χ1) is 9.43. The van der Waals surface area contributed by atoms with Gasteiger partial charge in [-0.2, -0.15) is 0 Å². The largest absolute Gasteiger partial charge is 0.490 e. The van der Waals surface area contributed by atoms with E-state index in [-0.39, 0.29) is 17.1 Å². The van der Waals surface area contributed by atoms with Crippen LogP contribution in [0.5, 0.6) is 11.5 Å². The third kappa shape index (κ3) is 4.48. The van der Waals surface area contributed by atoms with Gasteiger partial charge in [0.15, 0.2) is 18.1 Å². The third-order valence-corrected chi connectivity index (χ3v) is 2.11. The van der Waals surface area contributed by atoms with Gasteiger partial charge in [0.2, 0.25) is 0 Å². The molecule has 1 aromatic rings.